The third-order valence-electron chi connectivity index (χ3n) is 4.55. The summed E-state index contributed by atoms with van der Waals surface area (Å²) in [4.78, 5) is 20.0. The summed E-state index contributed by atoms with van der Waals surface area (Å²) in [6.45, 7) is 0.844. The summed E-state index contributed by atoms with van der Waals surface area (Å²) >= 11 is 1.54. The lowest BCUT2D eigenvalue weighted by atomic mass is 9.84. The molecule has 1 fully saturated rings. The maximum absolute atomic E-state index is 12.9. The Hall–Kier alpha value is -1.88. The quantitative estimate of drug-likeness (QED) is 0.829. The Bertz CT molecular complexity index is 702. The Kier molecular flexibility index (Phi) is 3.58. The summed E-state index contributed by atoms with van der Waals surface area (Å²) < 4.78 is 5.02. The number of oxazole rings is 1. The molecule has 4 nitrogen and oxygen atoms in total. The molecule has 5 heteroatoms. The zero-order valence-corrected chi connectivity index (χ0v) is 13.1. The van der Waals surface area contributed by atoms with Gasteiger partial charge in [0.25, 0.3) is 5.91 Å². The Morgan fingerprint density at radius 1 is 1.36 bits per heavy atom. The first kappa shape index (κ1) is 13.8. The van der Waals surface area contributed by atoms with E-state index in [-0.39, 0.29) is 5.91 Å². The molecule has 1 atom stereocenters. The van der Waals surface area contributed by atoms with Crippen molar-refractivity contribution in [2.75, 3.05) is 6.54 Å². The fraction of sp³-hybridized carbons (Fsp3) is 0.412. The van der Waals surface area contributed by atoms with Gasteiger partial charge in [0.2, 0.25) is 0 Å². The molecule has 2 aromatic heterocycles. The van der Waals surface area contributed by atoms with Crippen LogP contribution in [0.2, 0.25) is 0 Å². The summed E-state index contributed by atoms with van der Waals surface area (Å²) in [6, 6.07) is 1.93. The van der Waals surface area contributed by atoms with Gasteiger partial charge in [-0.25, -0.2) is 4.98 Å². The van der Waals surface area contributed by atoms with Gasteiger partial charge in [0, 0.05) is 17.6 Å². The maximum atomic E-state index is 12.9. The highest BCUT2D eigenvalue weighted by Gasteiger charge is 2.31. The Morgan fingerprint density at radius 2 is 2.27 bits per heavy atom. The molecule has 114 valence electrons. The summed E-state index contributed by atoms with van der Waals surface area (Å²) in [5.74, 6) is 0.712. The van der Waals surface area contributed by atoms with E-state index < -0.39 is 0 Å². The molecule has 0 saturated carbocycles. The highest BCUT2D eigenvalue weighted by atomic mass is 32.1. The first-order chi connectivity index (χ1) is 10.8. The minimum absolute atomic E-state index is 0.129. The van der Waals surface area contributed by atoms with Crippen LogP contribution in [0.4, 0.5) is 0 Å². The zero-order chi connectivity index (χ0) is 14.9. The van der Waals surface area contributed by atoms with E-state index in [0.717, 1.165) is 35.5 Å². The van der Waals surface area contributed by atoms with Crippen molar-refractivity contribution in [3.05, 3.63) is 41.4 Å². The molecule has 1 saturated heterocycles. The lowest BCUT2D eigenvalue weighted by molar-refractivity contribution is 0.0749. The number of amides is 1. The Labute approximate surface area is 133 Å². The molecular weight excluding hydrogens is 296 g/mol. The second-order valence-corrected chi connectivity index (χ2v) is 6.84. The SMILES string of the molecule is O=C(c1csc(-c2cocn2)c1)N1CCC[C@@H]2CCCC=C21. The van der Waals surface area contributed by atoms with Crippen molar-refractivity contribution in [3.8, 4) is 10.6 Å². The molecule has 1 amide bonds. The number of aromatic nitrogens is 1. The second-order valence-electron chi connectivity index (χ2n) is 5.93. The van der Waals surface area contributed by atoms with Crippen LogP contribution in [0, 0.1) is 5.92 Å². The third kappa shape index (κ3) is 2.39. The summed E-state index contributed by atoms with van der Waals surface area (Å²) in [5, 5.41) is 1.93. The van der Waals surface area contributed by atoms with Gasteiger partial charge in [0.05, 0.1) is 10.4 Å². The van der Waals surface area contributed by atoms with Crippen LogP contribution in [0.25, 0.3) is 10.6 Å². The van der Waals surface area contributed by atoms with Crippen molar-refractivity contribution < 1.29 is 9.21 Å². The number of carbonyl (C=O) groups is 1. The minimum Gasteiger partial charge on any atom is -0.451 e. The number of hydrogen-bond acceptors (Lipinski definition) is 4. The molecule has 0 unspecified atom stereocenters. The predicted octanol–water partition coefficient (Wildman–Crippen LogP) is 4.32. The van der Waals surface area contributed by atoms with E-state index in [4.69, 9.17) is 4.42 Å². The van der Waals surface area contributed by atoms with Crippen molar-refractivity contribution >= 4 is 17.2 Å². The fourth-order valence-electron chi connectivity index (χ4n) is 3.47. The third-order valence-corrected chi connectivity index (χ3v) is 5.50. The molecule has 0 spiro atoms. The van der Waals surface area contributed by atoms with Crippen molar-refractivity contribution in [1.29, 1.82) is 0 Å². The lowest BCUT2D eigenvalue weighted by Crippen LogP contribution is -2.38. The average Bonchev–Trinajstić information content (AvgIpc) is 3.24. The summed E-state index contributed by atoms with van der Waals surface area (Å²) in [6.07, 6.45) is 11.2. The number of carbonyl (C=O) groups excluding carboxylic acids is 1. The molecule has 1 aliphatic carbocycles. The highest BCUT2D eigenvalue weighted by molar-refractivity contribution is 7.13. The van der Waals surface area contributed by atoms with Crippen LogP contribution in [-0.2, 0) is 0 Å². The van der Waals surface area contributed by atoms with Crippen LogP contribution >= 0.6 is 11.3 Å². The number of thiophene rings is 1. The van der Waals surface area contributed by atoms with Crippen molar-refractivity contribution in [2.45, 2.75) is 32.1 Å². The van der Waals surface area contributed by atoms with Crippen LogP contribution in [0.5, 0.6) is 0 Å². The van der Waals surface area contributed by atoms with Crippen LogP contribution in [0.15, 0.2) is 40.3 Å². The van der Waals surface area contributed by atoms with Crippen molar-refractivity contribution in [2.24, 2.45) is 5.92 Å². The normalized spacial score (nSPS) is 21.4. The van der Waals surface area contributed by atoms with Gasteiger partial charge in [-0.3, -0.25) is 4.79 Å². The molecular formula is C17H18N2O2S. The standard InChI is InChI=1S/C17H18N2O2S/c20-17(13-8-16(22-10-13)14-9-21-11-18-14)19-7-3-5-12-4-1-2-6-15(12)19/h6,8-12H,1-5,7H2/t12-/m0/s1. The van der Waals surface area contributed by atoms with E-state index in [1.807, 2.05) is 16.3 Å². The first-order valence-corrected chi connectivity index (χ1v) is 8.70. The number of hydrogen-bond donors (Lipinski definition) is 0. The molecule has 3 heterocycles. The zero-order valence-electron chi connectivity index (χ0n) is 12.3. The molecule has 2 aliphatic rings. The summed E-state index contributed by atoms with van der Waals surface area (Å²) in [5.41, 5.74) is 2.81. The van der Waals surface area contributed by atoms with Crippen LogP contribution in [0.1, 0.15) is 42.5 Å². The number of allylic oxidation sites excluding steroid dienone is 2. The van der Waals surface area contributed by atoms with Gasteiger partial charge in [0.15, 0.2) is 6.39 Å². The molecule has 1 aliphatic heterocycles. The monoisotopic (exact) mass is 314 g/mol. The lowest BCUT2D eigenvalue weighted by Gasteiger charge is -2.37. The Morgan fingerprint density at radius 3 is 3.14 bits per heavy atom. The average molecular weight is 314 g/mol. The van der Waals surface area contributed by atoms with E-state index in [9.17, 15) is 4.79 Å². The van der Waals surface area contributed by atoms with E-state index in [0.29, 0.717) is 5.92 Å². The first-order valence-electron chi connectivity index (χ1n) is 7.82. The van der Waals surface area contributed by atoms with Gasteiger partial charge in [0.1, 0.15) is 12.0 Å². The molecule has 0 bridgehead atoms. The second kappa shape index (κ2) is 5.72. The van der Waals surface area contributed by atoms with Crippen LogP contribution < -0.4 is 0 Å². The van der Waals surface area contributed by atoms with Gasteiger partial charge in [-0.2, -0.15) is 0 Å². The van der Waals surface area contributed by atoms with E-state index in [1.165, 1.54) is 42.7 Å². The maximum Gasteiger partial charge on any atom is 0.258 e. The largest absolute Gasteiger partial charge is 0.451 e. The summed E-state index contributed by atoms with van der Waals surface area (Å²) in [7, 11) is 0. The van der Waals surface area contributed by atoms with Crippen molar-refractivity contribution in [3.63, 3.8) is 0 Å². The Balaban J connectivity index is 1.60. The predicted molar refractivity (Wildman–Crippen MR) is 85.5 cm³/mol. The minimum atomic E-state index is 0.129. The van der Waals surface area contributed by atoms with Crippen molar-refractivity contribution in [1.82, 2.24) is 9.88 Å². The van der Waals surface area contributed by atoms with E-state index in [1.54, 1.807) is 6.26 Å². The van der Waals surface area contributed by atoms with Crippen LogP contribution in [0.3, 0.4) is 0 Å². The highest BCUT2D eigenvalue weighted by Crippen LogP contribution is 2.36. The van der Waals surface area contributed by atoms with E-state index in [2.05, 4.69) is 11.1 Å². The van der Waals surface area contributed by atoms with Gasteiger partial charge >= 0.3 is 0 Å². The fourth-order valence-corrected chi connectivity index (χ4v) is 4.31. The van der Waals surface area contributed by atoms with Gasteiger partial charge in [-0.1, -0.05) is 6.08 Å². The number of fused-ring (bicyclic) bond motifs is 1. The number of piperidine rings is 1. The van der Waals surface area contributed by atoms with Gasteiger partial charge < -0.3 is 9.32 Å². The number of nitrogens with zero attached hydrogens (tertiary/aromatic N) is 2. The molecule has 0 N–H and O–H groups in total. The number of rotatable bonds is 2. The smallest absolute Gasteiger partial charge is 0.258 e. The van der Waals surface area contributed by atoms with E-state index >= 15 is 0 Å². The van der Waals surface area contributed by atoms with Gasteiger partial charge in [-0.05, 0) is 44.1 Å². The van der Waals surface area contributed by atoms with Crippen LogP contribution in [-0.4, -0.2) is 22.3 Å². The molecule has 22 heavy (non-hydrogen) atoms. The van der Waals surface area contributed by atoms with Gasteiger partial charge in [-0.15, -0.1) is 11.3 Å². The molecule has 2 aromatic rings. The molecule has 4 rings (SSSR count). The topological polar surface area (TPSA) is 46.3 Å². The molecule has 0 radical (unpaired) electrons. The number of likely N-dealkylation sites (tertiary alicyclic amines) is 1. The molecule has 0 aromatic carbocycles.